The average molecular weight is 380 g/mol. The molecule has 1 N–H and O–H groups in total. The highest BCUT2D eigenvalue weighted by Gasteiger charge is 2.17. The molecule has 0 aliphatic carbocycles. The van der Waals surface area contributed by atoms with Crippen LogP contribution in [-0.2, 0) is 4.79 Å². The van der Waals surface area contributed by atoms with Crippen LogP contribution in [-0.4, -0.2) is 63.8 Å². The van der Waals surface area contributed by atoms with E-state index in [1.165, 1.54) is 5.69 Å². The van der Waals surface area contributed by atoms with E-state index in [2.05, 4.69) is 44.6 Å². The molecule has 2 aromatic carbocycles. The Balaban J connectivity index is 1.35. The molecule has 0 radical (unpaired) electrons. The van der Waals surface area contributed by atoms with Crippen molar-refractivity contribution in [1.82, 2.24) is 10.3 Å². The normalized spacial score (nSPS) is 15.0. The van der Waals surface area contributed by atoms with Crippen molar-refractivity contribution in [3.8, 4) is 0 Å². The molecule has 0 saturated carbocycles. The second-order valence-corrected chi connectivity index (χ2v) is 7.19. The van der Waals surface area contributed by atoms with Crippen molar-refractivity contribution in [2.45, 2.75) is 6.42 Å². The van der Waals surface area contributed by atoms with Crippen LogP contribution in [0.5, 0.6) is 0 Å². The van der Waals surface area contributed by atoms with Crippen LogP contribution in [0.4, 0.5) is 11.4 Å². The summed E-state index contributed by atoms with van der Waals surface area (Å²) in [4.78, 5) is 18.8. The van der Waals surface area contributed by atoms with Gasteiger partial charge >= 0.3 is 0 Å². The molecule has 0 unspecified atom stereocenters. The Hall–Kier alpha value is -2.86. The highest BCUT2D eigenvalue weighted by atomic mass is 16.2. The first kappa shape index (κ1) is 19.9. The summed E-state index contributed by atoms with van der Waals surface area (Å²) >= 11 is 0. The summed E-state index contributed by atoms with van der Waals surface area (Å²) in [5.74, 6) is -0.0494. The lowest BCUT2D eigenvalue weighted by atomic mass is 10.2. The third-order valence-electron chi connectivity index (χ3n) is 4.96. The molecule has 1 aliphatic heterocycles. The monoisotopic (exact) mass is 379 g/mol. The van der Waals surface area contributed by atoms with E-state index >= 15 is 0 Å². The minimum Gasteiger partial charge on any atom is -0.378 e. The Morgan fingerprint density at radius 3 is 2.36 bits per heavy atom. The molecule has 1 heterocycles. The molecule has 0 spiro atoms. The predicted molar refractivity (Wildman–Crippen MR) is 116 cm³/mol. The molecule has 28 heavy (non-hydrogen) atoms. The number of benzene rings is 2. The van der Waals surface area contributed by atoms with Crippen molar-refractivity contribution in [3.63, 3.8) is 0 Å². The van der Waals surface area contributed by atoms with Gasteiger partial charge in [-0.25, -0.2) is 5.43 Å². The molecule has 0 atom stereocenters. The van der Waals surface area contributed by atoms with Crippen LogP contribution in [0.1, 0.15) is 12.0 Å². The summed E-state index contributed by atoms with van der Waals surface area (Å²) in [7, 11) is 4.01. The number of hydrogen-bond donors (Lipinski definition) is 1. The van der Waals surface area contributed by atoms with Gasteiger partial charge in [0, 0.05) is 64.6 Å². The van der Waals surface area contributed by atoms with E-state index in [1.807, 2.05) is 49.3 Å². The topological polar surface area (TPSA) is 51.2 Å². The van der Waals surface area contributed by atoms with Crippen molar-refractivity contribution in [2.75, 3.05) is 56.6 Å². The first-order valence-corrected chi connectivity index (χ1v) is 9.73. The van der Waals surface area contributed by atoms with Crippen molar-refractivity contribution in [3.05, 3.63) is 60.2 Å². The SMILES string of the molecule is CN(C)c1ccc(/C=N\NC(=O)CCN2CCN(c3ccccc3)CC2)cc1. The van der Waals surface area contributed by atoms with E-state index < -0.39 is 0 Å². The lowest BCUT2D eigenvalue weighted by molar-refractivity contribution is -0.121. The van der Waals surface area contributed by atoms with E-state index in [0.29, 0.717) is 6.42 Å². The number of hydrazone groups is 1. The number of carbonyl (C=O) groups is 1. The number of carbonyl (C=O) groups excluding carboxylic acids is 1. The molecule has 1 aliphatic rings. The molecule has 1 fully saturated rings. The zero-order chi connectivity index (χ0) is 19.8. The number of amides is 1. The molecule has 1 saturated heterocycles. The molecule has 3 rings (SSSR count). The van der Waals surface area contributed by atoms with Crippen LogP contribution < -0.4 is 15.2 Å². The number of nitrogens with one attached hydrogen (secondary N) is 1. The van der Waals surface area contributed by atoms with E-state index in [-0.39, 0.29) is 5.91 Å². The molecule has 0 bridgehead atoms. The quantitative estimate of drug-likeness (QED) is 0.593. The largest absolute Gasteiger partial charge is 0.378 e. The van der Waals surface area contributed by atoms with Gasteiger partial charge in [-0.2, -0.15) is 5.10 Å². The second-order valence-electron chi connectivity index (χ2n) is 7.19. The van der Waals surface area contributed by atoms with Gasteiger partial charge in [0.1, 0.15) is 0 Å². The minimum absolute atomic E-state index is 0.0494. The van der Waals surface area contributed by atoms with Crippen LogP contribution in [0.2, 0.25) is 0 Å². The first-order chi connectivity index (χ1) is 13.6. The van der Waals surface area contributed by atoms with Crippen molar-refractivity contribution in [2.24, 2.45) is 5.10 Å². The number of piperazine rings is 1. The lowest BCUT2D eigenvalue weighted by Gasteiger charge is -2.36. The van der Waals surface area contributed by atoms with Crippen LogP contribution in [0.25, 0.3) is 0 Å². The summed E-state index contributed by atoms with van der Waals surface area (Å²) in [5, 5.41) is 4.07. The van der Waals surface area contributed by atoms with Gasteiger partial charge in [0.15, 0.2) is 0 Å². The summed E-state index contributed by atoms with van der Waals surface area (Å²) in [5.41, 5.74) is 5.99. The fourth-order valence-corrected chi connectivity index (χ4v) is 3.22. The van der Waals surface area contributed by atoms with Gasteiger partial charge in [0.05, 0.1) is 6.21 Å². The van der Waals surface area contributed by atoms with Crippen LogP contribution in [0, 0.1) is 0 Å². The van der Waals surface area contributed by atoms with Crippen molar-refractivity contribution >= 4 is 23.5 Å². The zero-order valence-corrected chi connectivity index (χ0v) is 16.7. The molecule has 0 aromatic heterocycles. The number of anilines is 2. The lowest BCUT2D eigenvalue weighted by Crippen LogP contribution is -2.47. The molecule has 148 valence electrons. The average Bonchev–Trinajstić information content (AvgIpc) is 2.73. The number of nitrogens with zero attached hydrogens (tertiary/aromatic N) is 4. The van der Waals surface area contributed by atoms with Crippen molar-refractivity contribution in [1.29, 1.82) is 0 Å². The molecule has 1 amide bonds. The summed E-state index contributed by atoms with van der Waals surface area (Å²) in [6, 6.07) is 18.5. The van der Waals surface area contributed by atoms with E-state index in [0.717, 1.165) is 44.0 Å². The Morgan fingerprint density at radius 2 is 1.71 bits per heavy atom. The number of rotatable bonds is 7. The van der Waals surface area contributed by atoms with Gasteiger partial charge in [0.25, 0.3) is 0 Å². The molecular formula is C22H29N5O. The van der Waals surface area contributed by atoms with Gasteiger partial charge < -0.3 is 9.80 Å². The van der Waals surface area contributed by atoms with Crippen LogP contribution in [0.3, 0.4) is 0 Å². The maximum atomic E-state index is 12.0. The molecule has 6 nitrogen and oxygen atoms in total. The highest BCUT2D eigenvalue weighted by Crippen LogP contribution is 2.15. The van der Waals surface area contributed by atoms with Gasteiger partial charge in [0.2, 0.25) is 5.91 Å². The maximum Gasteiger partial charge on any atom is 0.241 e. The summed E-state index contributed by atoms with van der Waals surface area (Å²) < 4.78 is 0. The van der Waals surface area contributed by atoms with Crippen LogP contribution >= 0.6 is 0 Å². The van der Waals surface area contributed by atoms with Gasteiger partial charge in [-0.1, -0.05) is 30.3 Å². The third-order valence-corrected chi connectivity index (χ3v) is 4.96. The molecule has 2 aromatic rings. The summed E-state index contributed by atoms with van der Waals surface area (Å²) in [6.07, 6.45) is 2.14. The van der Waals surface area contributed by atoms with Gasteiger partial charge in [-0.3, -0.25) is 9.69 Å². The Kier molecular flexibility index (Phi) is 7.03. The molecule has 6 heteroatoms. The smallest absolute Gasteiger partial charge is 0.241 e. The number of hydrogen-bond acceptors (Lipinski definition) is 5. The van der Waals surface area contributed by atoms with E-state index in [4.69, 9.17) is 0 Å². The Morgan fingerprint density at radius 1 is 1.04 bits per heavy atom. The first-order valence-electron chi connectivity index (χ1n) is 9.73. The number of para-hydroxylation sites is 1. The fourth-order valence-electron chi connectivity index (χ4n) is 3.22. The zero-order valence-electron chi connectivity index (χ0n) is 16.7. The van der Waals surface area contributed by atoms with Gasteiger partial charge in [-0.05, 0) is 29.8 Å². The second kappa shape index (κ2) is 9.90. The Bertz CT molecular complexity index is 765. The maximum absolute atomic E-state index is 12.0. The molecular weight excluding hydrogens is 350 g/mol. The third kappa shape index (κ3) is 5.82. The highest BCUT2D eigenvalue weighted by molar-refractivity contribution is 5.82. The fraction of sp³-hybridized carbons (Fsp3) is 0.364. The summed E-state index contributed by atoms with van der Waals surface area (Å²) in [6.45, 7) is 4.70. The van der Waals surface area contributed by atoms with Crippen LogP contribution in [0.15, 0.2) is 59.7 Å². The van der Waals surface area contributed by atoms with Crippen molar-refractivity contribution < 1.29 is 4.79 Å². The van der Waals surface area contributed by atoms with E-state index in [9.17, 15) is 4.79 Å². The standard InChI is InChI=1S/C22H29N5O/c1-25(2)20-10-8-19(9-11-20)18-23-24-22(28)12-13-26-14-16-27(17-15-26)21-6-4-3-5-7-21/h3-11,18H,12-17H2,1-2H3,(H,24,28)/b23-18-. The Labute approximate surface area is 167 Å². The predicted octanol–water partition coefficient (Wildman–Crippen LogP) is 2.41. The minimum atomic E-state index is -0.0494. The van der Waals surface area contributed by atoms with E-state index in [1.54, 1.807) is 6.21 Å². The van der Waals surface area contributed by atoms with Gasteiger partial charge in [-0.15, -0.1) is 0 Å².